The van der Waals surface area contributed by atoms with Gasteiger partial charge >= 0.3 is 24.3 Å². The summed E-state index contributed by atoms with van der Waals surface area (Å²) in [4.78, 5) is 0.844. The van der Waals surface area contributed by atoms with E-state index < -0.39 is 38.2 Å². The molecule has 0 fully saturated rings. The van der Waals surface area contributed by atoms with E-state index in [1.807, 2.05) is 0 Å². The van der Waals surface area contributed by atoms with Crippen LogP contribution in [0.15, 0.2) is 4.99 Å². The van der Waals surface area contributed by atoms with Crippen LogP contribution in [0.5, 0.6) is 0 Å². The fourth-order valence-corrected chi connectivity index (χ4v) is 1.58. The molecule has 0 saturated carbocycles. The van der Waals surface area contributed by atoms with E-state index in [1.54, 1.807) is 0 Å². The van der Waals surface area contributed by atoms with Gasteiger partial charge in [-0.05, 0) is 0 Å². The van der Waals surface area contributed by atoms with E-state index in [2.05, 4.69) is 0 Å². The highest BCUT2D eigenvalue weighted by Crippen LogP contribution is 2.61. The van der Waals surface area contributed by atoms with Crippen LogP contribution >= 0.6 is 8.07 Å². The Morgan fingerprint density at radius 1 is 0.700 bits per heavy atom. The second-order valence-corrected chi connectivity index (χ2v) is 4.72. The molecule has 0 aliphatic rings. The summed E-state index contributed by atoms with van der Waals surface area (Å²) in [6, 6.07) is 0. The molecule has 0 aromatic heterocycles. The average molecular weight is 348 g/mol. The Kier molecular flexibility index (Phi) is 5.19. The van der Waals surface area contributed by atoms with E-state index in [0.29, 0.717) is 0 Å². The number of hydrogen-bond acceptors (Lipinski definition) is 1. The topological polar surface area (TPSA) is 24.4 Å². The molecule has 0 aromatic rings. The van der Waals surface area contributed by atoms with Crippen molar-refractivity contribution >= 4 is 13.9 Å². The van der Waals surface area contributed by atoms with E-state index in [9.17, 15) is 52.7 Å². The average Bonchev–Trinajstić information content (AvgIpc) is 2.03. The maximum absolute atomic E-state index is 12.0. The van der Waals surface area contributed by atoms with Crippen LogP contribution in [0.25, 0.3) is 0 Å². The van der Waals surface area contributed by atoms with Crippen LogP contribution in [0.4, 0.5) is 52.7 Å². The Labute approximate surface area is 102 Å². The minimum Gasteiger partial charge on any atom is -0.331 e. The Morgan fingerprint density at radius 2 is 1.05 bits per heavy atom. The number of rotatable bonds is 1. The summed E-state index contributed by atoms with van der Waals surface area (Å²) in [7, 11) is -5.60. The van der Waals surface area contributed by atoms with Crippen molar-refractivity contribution in [2.24, 2.45) is 4.99 Å². The van der Waals surface area contributed by atoms with Crippen LogP contribution in [0, 0.1) is 0 Å². The van der Waals surface area contributed by atoms with Crippen LogP contribution in [0.2, 0.25) is 0 Å². The van der Waals surface area contributed by atoms with Crippen molar-refractivity contribution < 1.29 is 52.7 Å². The molecule has 0 aliphatic heterocycles. The smallest absolute Gasteiger partial charge is 0.331 e. The fourth-order valence-electron chi connectivity index (χ4n) is 0.655. The predicted octanol–water partition coefficient (Wildman–Crippen LogP) is 4.49. The zero-order chi connectivity index (χ0) is 16.6. The third-order valence-electron chi connectivity index (χ3n) is 1.23. The normalized spacial score (nSPS) is 15.8. The maximum Gasteiger partial charge on any atom is 0.505 e. The number of alkyl halides is 12. The van der Waals surface area contributed by atoms with Crippen molar-refractivity contribution in [1.29, 1.82) is 0 Å². The minimum atomic E-state index is -6.24. The second-order valence-electron chi connectivity index (χ2n) is 2.81. The highest BCUT2D eigenvalue weighted by Gasteiger charge is 2.60. The van der Waals surface area contributed by atoms with Crippen molar-refractivity contribution in [2.45, 2.75) is 24.3 Å². The van der Waals surface area contributed by atoms with Gasteiger partial charge in [0, 0.05) is 0 Å². The van der Waals surface area contributed by atoms with Crippen molar-refractivity contribution in [3.8, 4) is 0 Å². The maximum atomic E-state index is 12.0. The number of halogens is 12. The summed E-state index contributed by atoms with van der Waals surface area (Å²) in [6.45, 7) is 0. The molecule has 0 atom stereocenters. The van der Waals surface area contributed by atoms with Crippen LogP contribution in [0.1, 0.15) is 0 Å². The first-order chi connectivity index (χ1) is 8.44. The lowest BCUT2D eigenvalue weighted by atomic mass is 10.6. The number of amidine groups is 1. The first kappa shape index (κ1) is 19.1. The Bertz CT molecular complexity index is 344. The van der Waals surface area contributed by atoms with Crippen LogP contribution < -0.4 is 5.09 Å². The van der Waals surface area contributed by atoms with Gasteiger partial charge in [0.25, 0.3) is 0 Å². The van der Waals surface area contributed by atoms with Gasteiger partial charge in [0.05, 0.1) is 0 Å². The van der Waals surface area contributed by atoms with E-state index in [4.69, 9.17) is 0 Å². The molecule has 15 heteroatoms. The summed E-state index contributed by atoms with van der Waals surface area (Å²) in [5, 5.41) is -0.250. The van der Waals surface area contributed by atoms with Gasteiger partial charge in [-0.25, -0.2) is 0 Å². The highest BCUT2D eigenvalue weighted by molar-refractivity contribution is 7.58. The third kappa shape index (κ3) is 6.48. The molecule has 0 aliphatic carbocycles. The first-order valence-electron chi connectivity index (χ1n) is 3.89. The zero-order valence-corrected chi connectivity index (χ0v) is 9.32. The zero-order valence-electron chi connectivity index (χ0n) is 8.43. The molecule has 0 rings (SSSR count). The highest BCUT2D eigenvalue weighted by atomic mass is 31.1. The van der Waals surface area contributed by atoms with Crippen LogP contribution in [-0.2, 0) is 0 Å². The van der Waals surface area contributed by atoms with Crippen LogP contribution in [-0.4, -0.2) is 30.1 Å². The number of nitrogens with zero attached hydrogens (tertiary/aromatic N) is 1. The number of hydrogen-bond donors (Lipinski definition) is 1. The van der Waals surface area contributed by atoms with Gasteiger partial charge in [0.1, 0.15) is 0 Å². The Hall–Kier alpha value is -0.940. The molecule has 0 spiro atoms. The van der Waals surface area contributed by atoms with Crippen LogP contribution in [0.3, 0.4) is 0 Å². The number of aliphatic imine (C=N–C) groups is 1. The minimum absolute atomic E-state index is 0.250. The lowest BCUT2D eigenvalue weighted by molar-refractivity contribution is -0.126. The summed E-state index contributed by atoms with van der Waals surface area (Å²) in [5.41, 5.74) is 0. The predicted molar refractivity (Wildman–Crippen MR) is 41.7 cm³/mol. The fraction of sp³-hybridized carbons (Fsp3) is 0.800. The first-order valence-corrected chi connectivity index (χ1v) is 5.23. The van der Waals surface area contributed by atoms with Gasteiger partial charge in [-0.15, -0.1) is 13.2 Å². The van der Waals surface area contributed by atoms with Gasteiger partial charge in [0.15, 0.2) is 0 Å². The van der Waals surface area contributed by atoms with Gasteiger partial charge < -0.3 is 5.09 Å². The van der Waals surface area contributed by atoms with Gasteiger partial charge in [-0.1, -0.05) is 0 Å². The van der Waals surface area contributed by atoms with E-state index in [0.717, 1.165) is 4.99 Å². The lowest BCUT2D eigenvalue weighted by Crippen LogP contribution is -2.41. The van der Waals surface area contributed by atoms with Crippen molar-refractivity contribution in [3.63, 3.8) is 0 Å². The van der Waals surface area contributed by atoms with Crippen molar-refractivity contribution in [1.82, 2.24) is 5.09 Å². The van der Waals surface area contributed by atoms with Gasteiger partial charge in [0.2, 0.25) is 13.9 Å². The Balaban J connectivity index is 5.61. The molecular formula is C5HF12N2P. The third-order valence-corrected chi connectivity index (χ3v) is 2.68. The largest absolute Gasteiger partial charge is 0.505 e. The standard InChI is InChI=1S/C5HF12N2P/c6-2(7,8)1(18-3(9,10)11)19-20(4(12,13)14)5(15,16)17/h(H,18,19). The van der Waals surface area contributed by atoms with Gasteiger partial charge in [-0.3, -0.25) is 0 Å². The molecule has 0 heterocycles. The molecule has 20 heavy (non-hydrogen) atoms. The molecule has 0 saturated heterocycles. The lowest BCUT2D eigenvalue weighted by Gasteiger charge is -2.25. The van der Waals surface area contributed by atoms with E-state index in [1.165, 1.54) is 0 Å². The van der Waals surface area contributed by atoms with E-state index in [-0.39, 0.29) is 5.09 Å². The van der Waals surface area contributed by atoms with Crippen molar-refractivity contribution in [3.05, 3.63) is 0 Å². The molecule has 0 bridgehead atoms. The quantitative estimate of drug-likeness (QED) is 0.244. The molecule has 0 aromatic carbocycles. The Morgan fingerprint density at radius 3 is 1.25 bits per heavy atom. The molecule has 0 amide bonds. The SMILES string of the molecule is FC(F)(F)/N=C(/NP(C(F)(F)F)C(F)(F)F)C(F)(F)F. The summed E-state index contributed by atoms with van der Waals surface area (Å²) < 4.78 is 142. The molecule has 1 N–H and O–H groups in total. The summed E-state index contributed by atoms with van der Waals surface area (Å²) >= 11 is 0. The molecule has 0 unspecified atom stereocenters. The monoisotopic (exact) mass is 348 g/mol. The molecule has 0 radical (unpaired) electrons. The van der Waals surface area contributed by atoms with Gasteiger partial charge in [-0.2, -0.15) is 44.5 Å². The molecular weight excluding hydrogens is 347 g/mol. The molecule has 2 nitrogen and oxygen atoms in total. The molecule has 120 valence electrons. The number of nitrogens with one attached hydrogen (secondary N) is 1. The summed E-state index contributed by atoms with van der Waals surface area (Å²) in [6.07, 6.45) is -12.2. The summed E-state index contributed by atoms with van der Waals surface area (Å²) in [5.74, 6) is -15.9. The second kappa shape index (κ2) is 5.45. The van der Waals surface area contributed by atoms with Crippen molar-refractivity contribution in [2.75, 3.05) is 0 Å². The van der Waals surface area contributed by atoms with E-state index >= 15 is 0 Å².